The number of imidazole rings is 1. The summed E-state index contributed by atoms with van der Waals surface area (Å²) in [7, 11) is 0. The van der Waals surface area contributed by atoms with Crippen LogP contribution in [0.15, 0.2) is 41.9 Å². The highest BCUT2D eigenvalue weighted by Gasteiger charge is 2.19. The molecule has 0 radical (unpaired) electrons. The molecular weight excluding hydrogens is 284 g/mol. The molecule has 3 aromatic rings. The molecule has 0 aliphatic heterocycles. The maximum absolute atomic E-state index is 12.4. The van der Waals surface area contributed by atoms with Crippen LogP contribution < -0.4 is 0 Å². The average Bonchev–Trinajstić information content (AvgIpc) is 2.97. The molecule has 0 saturated heterocycles. The van der Waals surface area contributed by atoms with Crippen LogP contribution in [0, 0.1) is 6.92 Å². The lowest BCUT2D eigenvalue weighted by Gasteiger charge is -2.10. The molecule has 6 heteroatoms. The van der Waals surface area contributed by atoms with E-state index in [0.29, 0.717) is 5.65 Å². The number of carbonyl (C=O) groups excluding carboxylic acids is 1. The van der Waals surface area contributed by atoms with E-state index in [-0.39, 0.29) is 11.0 Å². The highest BCUT2D eigenvalue weighted by Crippen LogP contribution is 2.27. The molecular formula is C15H14N4OS. The fourth-order valence-corrected chi connectivity index (χ4v) is 2.96. The van der Waals surface area contributed by atoms with Crippen molar-refractivity contribution >= 4 is 28.7 Å². The van der Waals surface area contributed by atoms with E-state index in [1.165, 1.54) is 18.1 Å². The van der Waals surface area contributed by atoms with E-state index in [0.717, 1.165) is 21.7 Å². The summed E-state index contributed by atoms with van der Waals surface area (Å²) in [6.45, 7) is 3.89. The van der Waals surface area contributed by atoms with Gasteiger partial charge in [-0.15, -0.1) is 0 Å². The summed E-state index contributed by atoms with van der Waals surface area (Å²) in [6.07, 6.45) is 3.05. The number of rotatable bonds is 4. The quantitative estimate of drug-likeness (QED) is 0.455. The first-order valence-electron chi connectivity index (χ1n) is 6.57. The Kier molecular flexibility index (Phi) is 3.70. The molecule has 5 nitrogen and oxygen atoms in total. The lowest BCUT2D eigenvalue weighted by Crippen LogP contribution is -2.13. The fourth-order valence-electron chi connectivity index (χ4n) is 2.01. The minimum atomic E-state index is -0.228. The standard InChI is InChI=1S/C15H14N4OS/c1-9-3-5-11(6-4-9)13(20)10(2)21-15-12-14(17-7-16-12)18-8-19-15/h3-8,10H,1-2H3,(H,16,17,18,19). The number of H-pyrrole nitrogens is 1. The lowest BCUT2D eigenvalue weighted by molar-refractivity contribution is 0.0994. The van der Waals surface area contributed by atoms with Crippen LogP contribution in [-0.2, 0) is 0 Å². The van der Waals surface area contributed by atoms with Gasteiger partial charge in [-0.3, -0.25) is 4.79 Å². The van der Waals surface area contributed by atoms with Gasteiger partial charge in [-0.1, -0.05) is 41.6 Å². The zero-order valence-electron chi connectivity index (χ0n) is 11.7. The number of aryl methyl sites for hydroxylation is 1. The number of fused-ring (bicyclic) bond motifs is 1. The summed E-state index contributed by atoms with van der Waals surface area (Å²) in [6, 6.07) is 7.62. The number of aromatic amines is 1. The first kappa shape index (κ1) is 13.8. The molecule has 21 heavy (non-hydrogen) atoms. The smallest absolute Gasteiger partial charge is 0.181 e. The van der Waals surface area contributed by atoms with Crippen molar-refractivity contribution in [2.75, 3.05) is 0 Å². The Hall–Kier alpha value is -2.21. The first-order chi connectivity index (χ1) is 10.1. The summed E-state index contributed by atoms with van der Waals surface area (Å²) in [5.41, 5.74) is 3.24. The van der Waals surface area contributed by atoms with Gasteiger partial charge in [-0.25, -0.2) is 15.0 Å². The van der Waals surface area contributed by atoms with Crippen LogP contribution >= 0.6 is 11.8 Å². The zero-order chi connectivity index (χ0) is 14.8. The number of benzene rings is 1. The van der Waals surface area contributed by atoms with Crippen LogP contribution in [0.4, 0.5) is 0 Å². The third-order valence-electron chi connectivity index (χ3n) is 3.18. The van der Waals surface area contributed by atoms with E-state index in [2.05, 4.69) is 19.9 Å². The van der Waals surface area contributed by atoms with E-state index < -0.39 is 0 Å². The molecule has 2 aromatic heterocycles. The Morgan fingerprint density at radius 3 is 2.71 bits per heavy atom. The lowest BCUT2D eigenvalue weighted by atomic mass is 10.1. The largest absolute Gasteiger partial charge is 0.341 e. The van der Waals surface area contributed by atoms with Gasteiger partial charge < -0.3 is 4.98 Å². The number of nitrogens with one attached hydrogen (secondary N) is 1. The Morgan fingerprint density at radius 2 is 1.95 bits per heavy atom. The van der Waals surface area contributed by atoms with Crippen molar-refractivity contribution in [1.29, 1.82) is 0 Å². The number of nitrogens with zero attached hydrogens (tertiary/aromatic N) is 3. The molecule has 0 amide bonds. The molecule has 106 valence electrons. The maximum Gasteiger partial charge on any atom is 0.181 e. The van der Waals surface area contributed by atoms with Gasteiger partial charge in [0, 0.05) is 5.56 Å². The van der Waals surface area contributed by atoms with E-state index in [4.69, 9.17) is 0 Å². The van der Waals surface area contributed by atoms with Crippen molar-refractivity contribution in [1.82, 2.24) is 19.9 Å². The number of hydrogen-bond donors (Lipinski definition) is 1. The number of hydrogen-bond acceptors (Lipinski definition) is 5. The van der Waals surface area contributed by atoms with Crippen LogP contribution in [0.2, 0.25) is 0 Å². The van der Waals surface area contributed by atoms with Crippen molar-refractivity contribution in [3.8, 4) is 0 Å². The van der Waals surface area contributed by atoms with Crippen molar-refractivity contribution in [3.63, 3.8) is 0 Å². The van der Waals surface area contributed by atoms with Crippen molar-refractivity contribution in [2.24, 2.45) is 0 Å². The Bertz CT molecular complexity index is 782. The second-order valence-corrected chi connectivity index (χ2v) is 6.10. The molecule has 1 N–H and O–H groups in total. The average molecular weight is 298 g/mol. The molecule has 0 saturated carbocycles. The highest BCUT2D eigenvalue weighted by molar-refractivity contribution is 8.00. The minimum Gasteiger partial charge on any atom is -0.341 e. The zero-order valence-corrected chi connectivity index (χ0v) is 12.5. The molecule has 2 heterocycles. The predicted octanol–water partition coefficient (Wildman–Crippen LogP) is 3.02. The number of thioether (sulfide) groups is 1. The van der Waals surface area contributed by atoms with Gasteiger partial charge in [0.15, 0.2) is 11.4 Å². The molecule has 0 bridgehead atoms. The van der Waals surface area contributed by atoms with Crippen LogP contribution in [0.1, 0.15) is 22.8 Å². The first-order valence-corrected chi connectivity index (χ1v) is 7.45. The van der Waals surface area contributed by atoms with Crippen LogP contribution in [0.25, 0.3) is 11.2 Å². The number of carbonyl (C=O) groups is 1. The normalized spacial score (nSPS) is 12.5. The van der Waals surface area contributed by atoms with Crippen LogP contribution in [0.5, 0.6) is 0 Å². The van der Waals surface area contributed by atoms with Crippen LogP contribution in [-0.4, -0.2) is 31.0 Å². The molecule has 3 rings (SSSR count). The second kappa shape index (κ2) is 5.65. The van der Waals surface area contributed by atoms with Gasteiger partial charge in [0.05, 0.1) is 11.6 Å². The maximum atomic E-state index is 12.4. The van der Waals surface area contributed by atoms with E-state index >= 15 is 0 Å². The van der Waals surface area contributed by atoms with Crippen LogP contribution in [0.3, 0.4) is 0 Å². The Balaban J connectivity index is 1.82. The van der Waals surface area contributed by atoms with Crippen molar-refractivity contribution in [2.45, 2.75) is 24.1 Å². The molecule has 0 aliphatic carbocycles. The molecule has 1 unspecified atom stereocenters. The topological polar surface area (TPSA) is 71.5 Å². The van der Waals surface area contributed by atoms with Gasteiger partial charge in [-0.05, 0) is 13.8 Å². The Labute approximate surface area is 126 Å². The fraction of sp³-hybridized carbons (Fsp3) is 0.200. The van der Waals surface area contributed by atoms with Crippen molar-refractivity contribution < 1.29 is 4.79 Å². The summed E-state index contributed by atoms with van der Waals surface area (Å²) < 4.78 is 0. The van der Waals surface area contributed by atoms with Gasteiger partial charge in [-0.2, -0.15) is 0 Å². The SMILES string of the molecule is Cc1ccc(C(=O)C(C)Sc2ncnc3nc[nH]c23)cc1. The van der Waals surface area contributed by atoms with Gasteiger partial charge in [0.1, 0.15) is 16.9 Å². The van der Waals surface area contributed by atoms with Gasteiger partial charge in [0.25, 0.3) is 0 Å². The van der Waals surface area contributed by atoms with E-state index in [9.17, 15) is 4.79 Å². The number of aromatic nitrogens is 4. The minimum absolute atomic E-state index is 0.0891. The van der Waals surface area contributed by atoms with Crippen molar-refractivity contribution in [3.05, 3.63) is 48.0 Å². The Morgan fingerprint density at radius 1 is 1.19 bits per heavy atom. The highest BCUT2D eigenvalue weighted by atomic mass is 32.2. The predicted molar refractivity (Wildman–Crippen MR) is 82.5 cm³/mol. The third-order valence-corrected chi connectivity index (χ3v) is 4.28. The summed E-state index contributed by atoms with van der Waals surface area (Å²) in [4.78, 5) is 27.9. The molecule has 0 spiro atoms. The third kappa shape index (κ3) is 2.80. The summed E-state index contributed by atoms with van der Waals surface area (Å²) in [5, 5.41) is 0.513. The molecule has 1 aromatic carbocycles. The van der Waals surface area contributed by atoms with E-state index in [1.807, 2.05) is 38.1 Å². The summed E-state index contributed by atoms with van der Waals surface area (Å²) >= 11 is 1.41. The second-order valence-electron chi connectivity index (χ2n) is 4.77. The molecule has 0 fully saturated rings. The van der Waals surface area contributed by atoms with Gasteiger partial charge >= 0.3 is 0 Å². The van der Waals surface area contributed by atoms with E-state index in [1.54, 1.807) is 6.33 Å². The number of Topliss-reactive ketones (excluding diaryl/α,β-unsaturated/α-hetero) is 1. The van der Waals surface area contributed by atoms with Gasteiger partial charge in [0.2, 0.25) is 0 Å². The summed E-state index contributed by atoms with van der Waals surface area (Å²) in [5.74, 6) is 0.0891. The molecule has 1 atom stereocenters. The number of ketones is 1. The monoisotopic (exact) mass is 298 g/mol. The molecule has 0 aliphatic rings.